The van der Waals surface area contributed by atoms with Gasteiger partial charge in [0.2, 0.25) is 5.65 Å². The van der Waals surface area contributed by atoms with Crippen molar-refractivity contribution in [2.24, 2.45) is 0 Å². The smallest absolute Gasteiger partial charge is 0.358 e. The van der Waals surface area contributed by atoms with Crippen LogP contribution in [0.4, 0.5) is 5.82 Å². The van der Waals surface area contributed by atoms with E-state index in [1.54, 1.807) is 13.0 Å². The summed E-state index contributed by atoms with van der Waals surface area (Å²) in [5.41, 5.74) is 0.128. The third-order valence-electron chi connectivity index (χ3n) is 1.68. The van der Waals surface area contributed by atoms with E-state index in [-0.39, 0.29) is 5.65 Å². The lowest BCUT2D eigenvalue weighted by molar-refractivity contribution is -0.391. The van der Waals surface area contributed by atoms with Crippen molar-refractivity contribution in [2.75, 3.05) is 0 Å². The van der Waals surface area contributed by atoms with Crippen LogP contribution in [0.25, 0.3) is 5.65 Å². The molecule has 0 atom stereocenters. The van der Waals surface area contributed by atoms with Gasteiger partial charge in [-0.3, -0.25) is 9.89 Å². The van der Waals surface area contributed by atoms with E-state index in [0.29, 0.717) is 5.69 Å². The molecule has 0 aliphatic heterocycles. The zero-order valence-corrected chi connectivity index (χ0v) is 7.09. The number of fused-ring (bicyclic) bond motifs is 1. The molecule has 0 aromatic carbocycles. The van der Waals surface area contributed by atoms with E-state index in [2.05, 4.69) is 15.3 Å². The van der Waals surface area contributed by atoms with E-state index in [9.17, 15) is 14.9 Å². The van der Waals surface area contributed by atoms with Gasteiger partial charge >= 0.3 is 11.4 Å². The Kier molecular flexibility index (Phi) is 1.56. The first-order valence-electron chi connectivity index (χ1n) is 3.69. The van der Waals surface area contributed by atoms with Gasteiger partial charge in [-0.1, -0.05) is 0 Å². The van der Waals surface area contributed by atoms with Crippen molar-refractivity contribution < 1.29 is 4.92 Å². The molecule has 72 valence electrons. The lowest BCUT2D eigenvalue weighted by atomic mass is 10.5. The fraction of sp³-hybridized carbons (Fsp3) is 0.167. The monoisotopic (exact) mass is 195 g/mol. The van der Waals surface area contributed by atoms with Crippen molar-refractivity contribution in [1.82, 2.24) is 19.8 Å². The molecule has 14 heavy (non-hydrogen) atoms. The van der Waals surface area contributed by atoms with Crippen molar-refractivity contribution >= 4 is 11.5 Å². The van der Waals surface area contributed by atoms with Gasteiger partial charge < -0.3 is 10.1 Å². The number of aromatic nitrogens is 4. The summed E-state index contributed by atoms with van der Waals surface area (Å²) in [4.78, 5) is 20.9. The number of nitrogens with one attached hydrogen (secondary N) is 1. The van der Waals surface area contributed by atoms with E-state index in [1.165, 1.54) is 0 Å². The highest BCUT2D eigenvalue weighted by Crippen LogP contribution is 2.01. The molecule has 0 aliphatic carbocycles. The van der Waals surface area contributed by atoms with Gasteiger partial charge in [0.1, 0.15) is 0 Å². The number of aryl methyl sites for hydroxylation is 1. The molecule has 2 aromatic heterocycles. The van der Waals surface area contributed by atoms with Gasteiger partial charge in [0.15, 0.2) is 0 Å². The fourth-order valence-corrected chi connectivity index (χ4v) is 1.11. The molecule has 8 nitrogen and oxygen atoms in total. The molecule has 0 fully saturated rings. The number of hydrogen-bond donors (Lipinski definition) is 1. The molecule has 0 amide bonds. The van der Waals surface area contributed by atoms with Crippen LogP contribution in [0.5, 0.6) is 0 Å². The number of H-pyrrole nitrogens is 1. The number of aromatic amines is 1. The normalized spacial score (nSPS) is 10.6. The second kappa shape index (κ2) is 2.62. The van der Waals surface area contributed by atoms with Crippen LogP contribution in [-0.2, 0) is 0 Å². The van der Waals surface area contributed by atoms with Gasteiger partial charge in [0, 0.05) is 11.8 Å². The van der Waals surface area contributed by atoms with Gasteiger partial charge in [-0.15, -0.1) is 0 Å². The van der Waals surface area contributed by atoms with Gasteiger partial charge in [-0.05, 0) is 16.9 Å². The summed E-state index contributed by atoms with van der Waals surface area (Å²) in [5, 5.41) is 19.7. The summed E-state index contributed by atoms with van der Waals surface area (Å²) in [6, 6.07) is 1.57. The molecule has 0 unspecified atom stereocenters. The molecule has 0 radical (unpaired) electrons. The lowest BCUT2D eigenvalue weighted by Crippen LogP contribution is -2.20. The Labute approximate surface area is 76.3 Å². The van der Waals surface area contributed by atoms with Crippen molar-refractivity contribution in [3.05, 3.63) is 32.2 Å². The van der Waals surface area contributed by atoms with Crippen molar-refractivity contribution in [3.63, 3.8) is 0 Å². The van der Waals surface area contributed by atoms with Crippen LogP contribution in [0.1, 0.15) is 5.69 Å². The van der Waals surface area contributed by atoms with Crippen LogP contribution in [0.15, 0.2) is 10.9 Å². The summed E-state index contributed by atoms with van der Waals surface area (Å²) < 4.78 is 0.987. The average molecular weight is 195 g/mol. The van der Waals surface area contributed by atoms with Gasteiger partial charge in [-0.25, -0.2) is 0 Å². The highest BCUT2D eigenvalue weighted by molar-refractivity contribution is 5.38. The Bertz CT molecular complexity index is 568. The molecular weight excluding hydrogens is 190 g/mol. The standard InChI is InChI=1S/C6H5N5O3/c1-3-2-4-7-8-5(11(13)14)6(12)10(4)9-3/h2,9H,1H3. The Morgan fingerprint density at radius 2 is 2.29 bits per heavy atom. The zero-order valence-electron chi connectivity index (χ0n) is 7.09. The first kappa shape index (κ1) is 8.35. The summed E-state index contributed by atoms with van der Waals surface area (Å²) in [6.45, 7) is 1.71. The number of hydrogen-bond acceptors (Lipinski definition) is 5. The van der Waals surface area contributed by atoms with E-state index < -0.39 is 16.3 Å². The molecule has 2 heterocycles. The zero-order chi connectivity index (χ0) is 10.3. The maximum absolute atomic E-state index is 11.4. The van der Waals surface area contributed by atoms with Crippen LogP contribution in [0, 0.1) is 17.0 Å². The minimum Gasteiger partial charge on any atom is -0.358 e. The number of nitro groups is 1. The molecule has 0 saturated carbocycles. The first-order chi connectivity index (χ1) is 6.59. The highest BCUT2D eigenvalue weighted by atomic mass is 16.6. The molecule has 0 aliphatic rings. The lowest BCUT2D eigenvalue weighted by Gasteiger charge is -1.90. The van der Waals surface area contributed by atoms with Crippen LogP contribution in [0.2, 0.25) is 0 Å². The Morgan fingerprint density at radius 1 is 1.57 bits per heavy atom. The molecule has 2 aromatic rings. The Morgan fingerprint density at radius 3 is 2.93 bits per heavy atom. The topological polar surface area (TPSA) is 106 Å². The van der Waals surface area contributed by atoms with Crippen LogP contribution >= 0.6 is 0 Å². The van der Waals surface area contributed by atoms with E-state index >= 15 is 0 Å². The van der Waals surface area contributed by atoms with Gasteiger partial charge in [0.05, 0.1) is 5.10 Å². The van der Waals surface area contributed by atoms with E-state index in [4.69, 9.17) is 0 Å². The Balaban J connectivity index is 2.88. The third kappa shape index (κ3) is 1.04. The molecule has 0 spiro atoms. The fourth-order valence-electron chi connectivity index (χ4n) is 1.11. The minimum atomic E-state index is -0.863. The molecule has 0 saturated heterocycles. The molecular formula is C6H5N5O3. The molecule has 8 heteroatoms. The maximum atomic E-state index is 11.4. The summed E-state index contributed by atoms with van der Waals surface area (Å²) in [5.74, 6) is -0.788. The minimum absolute atomic E-state index is 0.262. The predicted molar refractivity (Wildman–Crippen MR) is 45.0 cm³/mol. The first-order valence-corrected chi connectivity index (χ1v) is 3.69. The van der Waals surface area contributed by atoms with Crippen molar-refractivity contribution in [1.29, 1.82) is 0 Å². The summed E-state index contributed by atoms with van der Waals surface area (Å²) >= 11 is 0. The average Bonchev–Trinajstić information content (AvgIpc) is 2.46. The largest absolute Gasteiger partial charge is 0.458 e. The van der Waals surface area contributed by atoms with Crippen LogP contribution in [0.3, 0.4) is 0 Å². The number of nitrogens with zero attached hydrogens (tertiary/aromatic N) is 4. The maximum Gasteiger partial charge on any atom is 0.458 e. The van der Waals surface area contributed by atoms with Gasteiger partial charge in [0.25, 0.3) is 0 Å². The van der Waals surface area contributed by atoms with Gasteiger partial charge in [-0.2, -0.15) is 4.52 Å². The SMILES string of the molecule is Cc1cc2nnc([N+](=O)[O-])c(=O)n2[nH]1. The van der Waals surface area contributed by atoms with Crippen LogP contribution in [-0.4, -0.2) is 24.7 Å². The highest BCUT2D eigenvalue weighted by Gasteiger charge is 2.18. The van der Waals surface area contributed by atoms with E-state index in [1.807, 2.05) is 0 Å². The molecule has 1 N–H and O–H groups in total. The van der Waals surface area contributed by atoms with Crippen molar-refractivity contribution in [3.8, 4) is 0 Å². The quantitative estimate of drug-likeness (QED) is 0.493. The molecule has 0 bridgehead atoms. The Hall–Kier alpha value is -2.25. The second-order valence-electron chi connectivity index (χ2n) is 2.72. The van der Waals surface area contributed by atoms with E-state index in [0.717, 1.165) is 4.52 Å². The predicted octanol–water partition coefficient (Wildman–Crippen LogP) is -0.366. The van der Waals surface area contributed by atoms with Crippen LogP contribution < -0.4 is 5.56 Å². The van der Waals surface area contributed by atoms with Crippen molar-refractivity contribution in [2.45, 2.75) is 6.92 Å². The number of rotatable bonds is 1. The third-order valence-corrected chi connectivity index (χ3v) is 1.68. The molecule has 2 rings (SSSR count). The second-order valence-corrected chi connectivity index (χ2v) is 2.72. The summed E-state index contributed by atoms with van der Waals surface area (Å²) in [6.07, 6.45) is 0. The summed E-state index contributed by atoms with van der Waals surface area (Å²) in [7, 11) is 0.